The third-order valence-electron chi connectivity index (χ3n) is 2.61. The number of alkyl halides is 4. The predicted octanol–water partition coefficient (Wildman–Crippen LogP) is 4.42. The Morgan fingerprint density at radius 2 is 1.95 bits per heavy atom. The highest BCUT2D eigenvalue weighted by molar-refractivity contribution is 6.17. The molecule has 0 fully saturated rings. The standard InChI is InChI=1S/C14H11ClF3NO/c15-8-10-4-5-13(12(7-10)14(16,17)18)20-9-11-3-1-2-6-19-11/h1-7H,8-9H2. The third-order valence-corrected chi connectivity index (χ3v) is 2.91. The number of pyridine rings is 1. The van der Waals surface area contributed by atoms with Crippen molar-refractivity contribution in [2.24, 2.45) is 0 Å². The summed E-state index contributed by atoms with van der Waals surface area (Å²) < 4.78 is 44.1. The molecule has 0 spiro atoms. The van der Waals surface area contributed by atoms with Gasteiger partial charge >= 0.3 is 6.18 Å². The maximum Gasteiger partial charge on any atom is 0.419 e. The second kappa shape index (κ2) is 6.13. The lowest BCUT2D eigenvalue weighted by molar-refractivity contribution is -0.139. The molecule has 1 aromatic heterocycles. The summed E-state index contributed by atoms with van der Waals surface area (Å²) in [6.45, 7) is -0.0237. The van der Waals surface area contributed by atoms with Crippen LogP contribution in [-0.4, -0.2) is 4.98 Å². The molecule has 0 aliphatic rings. The minimum absolute atomic E-state index is 0.0175. The molecule has 0 aliphatic heterocycles. The molecule has 0 amide bonds. The van der Waals surface area contributed by atoms with E-state index < -0.39 is 11.7 Å². The number of halogens is 4. The summed E-state index contributed by atoms with van der Waals surface area (Å²) >= 11 is 5.56. The first-order chi connectivity index (χ1) is 9.50. The number of ether oxygens (including phenoxy) is 1. The number of aromatic nitrogens is 1. The van der Waals surface area contributed by atoms with Gasteiger partial charge in [-0.05, 0) is 29.8 Å². The van der Waals surface area contributed by atoms with Crippen molar-refractivity contribution < 1.29 is 17.9 Å². The molecule has 0 unspecified atom stereocenters. The van der Waals surface area contributed by atoms with Crippen LogP contribution in [-0.2, 0) is 18.7 Å². The monoisotopic (exact) mass is 301 g/mol. The Labute approximate surface area is 119 Å². The van der Waals surface area contributed by atoms with Gasteiger partial charge in [0.2, 0.25) is 0 Å². The quantitative estimate of drug-likeness (QED) is 0.780. The number of hydrogen-bond acceptors (Lipinski definition) is 2. The normalized spacial score (nSPS) is 11.4. The summed E-state index contributed by atoms with van der Waals surface area (Å²) in [5.74, 6) is -0.208. The van der Waals surface area contributed by atoms with E-state index in [9.17, 15) is 13.2 Å². The molecule has 0 aliphatic carbocycles. The zero-order valence-electron chi connectivity index (χ0n) is 10.3. The molecule has 1 aromatic carbocycles. The van der Waals surface area contributed by atoms with Gasteiger partial charge in [0, 0.05) is 12.1 Å². The van der Waals surface area contributed by atoms with Crippen LogP contribution in [0.2, 0.25) is 0 Å². The Morgan fingerprint density at radius 1 is 1.15 bits per heavy atom. The van der Waals surface area contributed by atoms with Gasteiger partial charge in [0.15, 0.2) is 0 Å². The summed E-state index contributed by atoms with van der Waals surface area (Å²) in [5, 5.41) is 0. The smallest absolute Gasteiger partial charge is 0.419 e. The van der Waals surface area contributed by atoms with Crippen molar-refractivity contribution in [3.05, 3.63) is 59.4 Å². The highest BCUT2D eigenvalue weighted by atomic mass is 35.5. The van der Waals surface area contributed by atoms with Crippen molar-refractivity contribution in [2.75, 3.05) is 0 Å². The second-order valence-electron chi connectivity index (χ2n) is 4.07. The van der Waals surface area contributed by atoms with Crippen LogP contribution in [0.1, 0.15) is 16.8 Å². The zero-order valence-corrected chi connectivity index (χ0v) is 11.1. The van der Waals surface area contributed by atoms with Crippen LogP contribution in [0.25, 0.3) is 0 Å². The molecule has 2 aromatic rings. The maximum atomic E-state index is 13.0. The lowest BCUT2D eigenvalue weighted by Crippen LogP contribution is -2.09. The minimum Gasteiger partial charge on any atom is -0.487 e. The van der Waals surface area contributed by atoms with Crippen LogP contribution in [0.5, 0.6) is 5.75 Å². The topological polar surface area (TPSA) is 22.1 Å². The van der Waals surface area contributed by atoms with E-state index in [1.165, 1.54) is 12.1 Å². The number of nitrogens with zero attached hydrogens (tertiary/aromatic N) is 1. The molecular weight excluding hydrogens is 291 g/mol. The van der Waals surface area contributed by atoms with Crippen LogP contribution in [0, 0.1) is 0 Å². The van der Waals surface area contributed by atoms with E-state index in [4.69, 9.17) is 16.3 Å². The van der Waals surface area contributed by atoms with E-state index in [2.05, 4.69) is 4.98 Å². The molecule has 106 valence electrons. The zero-order chi connectivity index (χ0) is 14.6. The lowest BCUT2D eigenvalue weighted by atomic mass is 10.1. The molecule has 0 radical (unpaired) electrons. The van der Waals surface area contributed by atoms with Crippen LogP contribution in [0.15, 0.2) is 42.6 Å². The first-order valence-electron chi connectivity index (χ1n) is 5.79. The van der Waals surface area contributed by atoms with Gasteiger partial charge in [-0.3, -0.25) is 4.98 Å². The maximum absolute atomic E-state index is 13.0. The molecule has 2 nitrogen and oxygen atoms in total. The molecule has 1 heterocycles. The van der Waals surface area contributed by atoms with Crippen molar-refractivity contribution in [1.82, 2.24) is 4.98 Å². The Morgan fingerprint density at radius 3 is 2.55 bits per heavy atom. The van der Waals surface area contributed by atoms with Crippen LogP contribution < -0.4 is 4.74 Å². The Bertz CT molecular complexity index is 572. The number of benzene rings is 1. The average molecular weight is 302 g/mol. The Kier molecular flexibility index (Phi) is 4.49. The molecule has 6 heteroatoms. The van der Waals surface area contributed by atoms with Crippen molar-refractivity contribution in [3.63, 3.8) is 0 Å². The summed E-state index contributed by atoms with van der Waals surface area (Å²) in [5.41, 5.74) is 0.123. The Hall–Kier alpha value is -1.75. The molecule has 0 saturated carbocycles. The van der Waals surface area contributed by atoms with Crippen LogP contribution in [0.4, 0.5) is 13.2 Å². The molecule has 20 heavy (non-hydrogen) atoms. The van der Waals surface area contributed by atoms with Crippen LogP contribution in [0.3, 0.4) is 0 Å². The van der Waals surface area contributed by atoms with Crippen molar-refractivity contribution >= 4 is 11.6 Å². The fourth-order valence-electron chi connectivity index (χ4n) is 1.64. The summed E-state index contributed by atoms with van der Waals surface area (Å²) in [4.78, 5) is 3.99. The average Bonchev–Trinajstić information content (AvgIpc) is 2.45. The first-order valence-corrected chi connectivity index (χ1v) is 6.33. The van der Waals surface area contributed by atoms with E-state index in [1.54, 1.807) is 24.4 Å². The van der Waals surface area contributed by atoms with E-state index in [0.29, 0.717) is 11.3 Å². The fourth-order valence-corrected chi connectivity index (χ4v) is 1.81. The molecule has 0 atom stereocenters. The summed E-state index contributed by atoms with van der Waals surface area (Å²) in [6.07, 6.45) is -2.93. The van der Waals surface area contributed by atoms with Gasteiger partial charge in [-0.1, -0.05) is 12.1 Å². The Balaban J connectivity index is 2.23. The summed E-state index contributed by atoms with van der Waals surface area (Å²) in [6, 6.07) is 8.94. The van der Waals surface area contributed by atoms with Crippen molar-refractivity contribution in [1.29, 1.82) is 0 Å². The second-order valence-corrected chi connectivity index (χ2v) is 4.34. The van der Waals surface area contributed by atoms with Gasteiger partial charge < -0.3 is 4.74 Å². The van der Waals surface area contributed by atoms with E-state index >= 15 is 0 Å². The number of rotatable bonds is 4. The van der Waals surface area contributed by atoms with Gasteiger partial charge in [-0.15, -0.1) is 11.6 Å². The molecular formula is C14H11ClF3NO. The number of hydrogen-bond donors (Lipinski definition) is 0. The predicted molar refractivity (Wildman–Crippen MR) is 69.6 cm³/mol. The minimum atomic E-state index is -4.48. The van der Waals surface area contributed by atoms with Gasteiger partial charge in [-0.25, -0.2) is 0 Å². The van der Waals surface area contributed by atoms with Crippen molar-refractivity contribution in [2.45, 2.75) is 18.7 Å². The van der Waals surface area contributed by atoms with Gasteiger partial charge in [-0.2, -0.15) is 13.2 Å². The van der Waals surface area contributed by atoms with E-state index in [0.717, 1.165) is 6.07 Å². The highest BCUT2D eigenvalue weighted by Crippen LogP contribution is 2.37. The molecule has 2 rings (SSSR count). The van der Waals surface area contributed by atoms with E-state index in [1.807, 2.05) is 0 Å². The fraction of sp³-hybridized carbons (Fsp3) is 0.214. The van der Waals surface area contributed by atoms with E-state index in [-0.39, 0.29) is 18.2 Å². The summed E-state index contributed by atoms with van der Waals surface area (Å²) in [7, 11) is 0. The van der Waals surface area contributed by atoms with Gasteiger partial charge in [0.05, 0.1) is 11.3 Å². The lowest BCUT2D eigenvalue weighted by Gasteiger charge is -2.14. The largest absolute Gasteiger partial charge is 0.487 e. The first kappa shape index (κ1) is 14.7. The van der Waals surface area contributed by atoms with Crippen molar-refractivity contribution in [3.8, 4) is 5.75 Å². The van der Waals surface area contributed by atoms with Crippen LogP contribution >= 0.6 is 11.6 Å². The molecule has 0 saturated heterocycles. The highest BCUT2D eigenvalue weighted by Gasteiger charge is 2.34. The molecule has 0 N–H and O–H groups in total. The third kappa shape index (κ3) is 3.63. The SMILES string of the molecule is FC(F)(F)c1cc(CCl)ccc1OCc1ccccn1. The van der Waals surface area contributed by atoms with Gasteiger partial charge in [0.25, 0.3) is 0 Å². The van der Waals surface area contributed by atoms with Gasteiger partial charge in [0.1, 0.15) is 12.4 Å². The molecule has 0 bridgehead atoms.